The van der Waals surface area contributed by atoms with Gasteiger partial charge in [0.15, 0.2) is 5.96 Å². The minimum atomic E-state index is -4.35. The van der Waals surface area contributed by atoms with Gasteiger partial charge in [0.1, 0.15) is 0 Å². The number of amides is 1. The molecule has 1 heterocycles. The zero-order valence-electron chi connectivity index (χ0n) is 16.1. The summed E-state index contributed by atoms with van der Waals surface area (Å²) in [6, 6.07) is 5.22. The van der Waals surface area contributed by atoms with Gasteiger partial charge in [-0.15, -0.1) is 0 Å². The van der Waals surface area contributed by atoms with Crippen LogP contribution in [0.5, 0.6) is 0 Å². The van der Waals surface area contributed by atoms with Gasteiger partial charge in [-0.1, -0.05) is 12.1 Å². The molecule has 1 atom stereocenters. The van der Waals surface area contributed by atoms with Crippen molar-refractivity contribution in [1.82, 2.24) is 15.5 Å². The number of guanidine groups is 1. The van der Waals surface area contributed by atoms with Gasteiger partial charge in [-0.2, -0.15) is 13.2 Å². The van der Waals surface area contributed by atoms with Gasteiger partial charge < -0.3 is 21.3 Å². The van der Waals surface area contributed by atoms with E-state index in [-0.39, 0.29) is 18.4 Å². The maximum absolute atomic E-state index is 12.8. The number of likely N-dealkylation sites (tertiary alicyclic amines) is 1. The number of piperidine rings is 1. The SMILES string of the molecule is CN=C(NCCCN1CCCC(C(N)=O)C1)NCc1cccc(C(F)(F)F)c1. The Kier molecular flexibility index (Phi) is 8.10. The molecule has 1 aromatic rings. The largest absolute Gasteiger partial charge is 0.416 e. The Morgan fingerprint density at radius 3 is 2.82 bits per heavy atom. The number of halogens is 3. The molecule has 1 aliphatic heterocycles. The molecule has 0 aliphatic carbocycles. The molecule has 0 aromatic heterocycles. The first-order valence-electron chi connectivity index (χ1n) is 9.42. The fourth-order valence-corrected chi connectivity index (χ4v) is 3.26. The minimum Gasteiger partial charge on any atom is -0.369 e. The molecule has 1 aromatic carbocycles. The summed E-state index contributed by atoms with van der Waals surface area (Å²) in [6.45, 7) is 3.43. The lowest BCUT2D eigenvalue weighted by atomic mass is 9.97. The van der Waals surface area contributed by atoms with Gasteiger partial charge in [-0.25, -0.2) is 0 Å². The molecule has 0 saturated carbocycles. The summed E-state index contributed by atoms with van der Waals surface area (Å²) in [5.41, 5.74) is 5.26. The first-order chi connectivity index (χ1) is 13.3. The van der Waals surface area contributed by atoms with Gasteiger partial charge >= 0.3 is 6.18 Å². The molecule has 6 nitrogen and oxygen atoms in total. The van der Waals surface area contributed by atoms with Gasteiger partial charge in [0.05, 0.1) is 11.5 Å². The van der Waals surface area contributed by atoms with Crippen LogP contribution in [-0.4, -0.2) is 50.0 Å². The van der Waals surface area contributed by atoms with Crippen LogP contribution in [0, 0.1) is 5.92 Å². The molecule has 9 heteroatoms. The Bertz CT molecular complexity index is 678. The molecular weight excluding hydrogens is 371 g/mol. The highest BCUT2D eigenvalue weighted by atomic mass is 19.4. The summed E-state index contributed by atoms with van der Waals surface area (Å²) >= 11 is 0. The maximum atomic E-state index is 12.8. The lowest BCUT2D eigenvalue weighted by Gasteiger charge is -2.31. The molecule has 28 heavy (non-hydrogen) atoms. The average Bonchev–Trinajstić information content (AvgIpc) is 2.67. The van der Waals surface area contributed by atoms with Crippen LogP contribution >= 0.6 is 0 Å². The van der Waals surface area contributed by atoms with Crippen molar-refractivity contribution in [1.29, 1.82) is 0 Å². The predicted octanol–water partition coefficient (Wildman–Crippen LogP) is 1.96. The molecule has 156 valence electrons. The van der Waals surface area contributed by atoms with Crippen molar-refractivity contribution in [2.75, 3.05) is 33.2 Å². The van der Waals surface area contributed by atoms with Gasteiger partial charge in [-0.05, 0) is 50.0 Å². The Hall–Kier alpha value is -2.29. The third-order valence-corrected chi connectivity index (χ3v) is 4.79. The second kappa shape index (κ2) is 10.3. The third-order valence-electron chi connectivity index (χ3n) is 4.79. The van der Waals surface area contributed by atoms with Crippen molar-refractivity contribution in [2.45, 2.75) is 32.0 Å². The zero-order valence-corrected chi connectivity index (χ0v) is 16.1. The molecule has 4 N–H and O–H groups in total. The van der Waals surface area contributed by atoms with Crippen molar-refractivity contribution >= 4 is 11.9 Å². The summed E-state index contributed by atoms with van der Waals surface area (Å²) in [5, 5.41) is 6.18. The molecule has 1 fully saturated rings. The lowest BCUT2D eigenvalue weighted by molar-refractivity contribution is -0.137. The molecule has 1 saturated heterocycles. The summed E-state index contributed by atoms with van der Waals surface area (Å²) in [4.78, 5) is 17.6. The number of aliphatic imine (C=N–C) groups is 1. The number of carbonyl (C=O) groups is 1. The first-order valence-corrected chi connectivity index (χ1v) is 9.42. The number of carbonyl (C=O) groups excluding carboxylic acids is 1. The van der Waals surface area contributed by atoms with E-state index in [4.69, 9.17) is 5.73 Å². The number of nitrogens with zero attached hydrogens (tertiary/aromatic N) is 2. The zero-order chi connectivity index (χ0) is 20.6. The minimum absolute atomic E-state index is 0.0661. The number of hydrogen-bond donors (Lipinski definition) is 3. The monoisotopic (exact) mass is 399 g/mol. The van der Waals surface area contributed by atoms with Crippen molar-refractivity contribution in [3.05, 3.63) is 35.4 Å². The highest BCUT2D eigenvalue weighted by Gasteiger charge is 2.30. The van der Waals surface area contributed by atoms with Crippen molar-refractivity contribution in [3.8, 4) is 0 Å². The van der Waals surface area contributed by atoms with Crippen LogP contribution in [0.1, 0.15) is 30.4 Å². The van der Waals surface area contributed by atoms with Crippen LogP contribution in [0.2, 0.25) is 0 Å². The standard InChI is InChI=1S/C19H28F3N5O/c1-24-18(26-12-14-5-2-7-16(11-14)19(20,21)22)25-8-4-10-27-9-3-6-15(13-27)17(23)28/h2,5,7,11,15H,3-4,6,8-10,12-13H2,1H3,(H2,23,28)(H2,24,25,26). The van der Waals surface area contributed by atoms with Gasteiger partial charge in [0.25, 0.3) is 0 Å². The normalized spacial score (nSPS) is 18.7. The van der Waals surface area contributed by atoms with E-state index < -0.39 is 11.7 Å². The highest BCUT2D eigenvalue weighted by molar-refractivity contribution is 5.79. The number of alkyl halides is 3. The number of nitrogens with one attached hydrogen (secondary N) is 2. The van der Waals surface area contributed by atoms with E-state index in [0.29, 0.717) is 24.6 Å². The number of rotatable bonds is 7. The fraction of sp³-hybridized carbons (Fsp3) is 0.579. The molecule has 0 bridgehead atoms. The molecule has 2 rings (SSSR count). The van der Waals surface area contributed by atoms with Gasteiger partial charge in [-0.3, -0.25) is 9.79 Å². The van der Waals surface area contributed by atoms with Crippen molar-refractivity contribution in [3.63, 3.8) is 0 Å². The van der Waals surface area contributed by atoms with Crippen LogP contribution in [0.15, 0.2) is 29.3 Å². The second-order valence-corrected chi connectivity index (χ2v) is 6.95. The molecule has 1 unspecified atom stereocenters. The van der Waals surface area contributed by atoms with E-state index in [1.807, 2.05) is 0 Å². The Morgan fingerprint density at radius 2 is 2.14 bits per heavy atom. The van der Waals surface area contributed by atoms with Gasteiger partial charge in [0, 0.05) is 26.7 Å². The topological polar surface area (TPSA) is 82.8 Å². The molecule has 1 amide bonds. The lowest BCUT2D eigenvalue weighted by Crippen LogP contribution is -2.42. The fourth-order valence-electron chi connectivity index (χ4n) is 3.26. The number of benzene rings is 1. The maximum Gasteiger partial charge on any atom is 0.416 e. The van der Waals surface area contributed by atoms with E-state index in [2.05, 4.69) is 20.5 Å². The number of nitrogens with two attached hydrogens (primary N) is 1. The molecular formula is C19H28F3N5O. The Morgan fingerprint density at radius 1 is 1.36 bits per heavy atom. The summed E-state index contributed by atoms with van der Waals surface area (Å²) in [7, 11) is 1.61. The number of hydrogen-bond acceptors (Lipinski definition) is 3. The molecule has 0 radical (unpaired) electrons. The second-order valence-electron chi connectivity index (χ2n) is 6.95. The third kappa shape index (κ3) is 7.03. The van der Waals surface area contributed by atoms with Gasteiger partial charge in [0.2, 0.25) is 5.91 Å². The average molecular weight is 399 g/mol. The summed E-state index contributed by atoms with van der Waals surface area (Å²) in [6.07, 6.45) is -1.66. The molecule has 0 spiro atoms. The summed E-state index contributed by atoms with van der Waals surface area (Å²) < 4.78 is 38.3. The van der Waals surface area contributed by atoms with Crippen LogP contribution in [-0.2, 0) is 17.5 Å². The van der Waals surface area contributed by atoms with Crippen LogP contribution in [0.4, 0.5) is 13.2 Å². The van der Waals surface area contributed by atoms with Crippen LogP contribution < -0.4 is 16.4 Å². The number of primary amides is 1. The Labute approximate surface area is 163 Å². The van der Waals surface area contributed by atoms with Crippen molar-refractivity contribution < 1.29 is 18.0 Å². The van der Waals surface area contributed by atoms with E-state index in [9.17, 15) is 18.0 Å². The summed E-state index contributed by atoms with van der Waals surface area (Å²) in [5.74, 6) is 0.233. The van der Waals surface area contributed by atoms with Crippen molar-refractivity contribution in [2.24, 2.45) is 16.6 Å². The van der Waals surface area contributed by atoms with Crippen LogP contribution in [0.3, 0.4) is 0 Å². The quantitative estimate of drug-likeness (QED) is 0.372. The first kappa shape index (κ1) is 22.0. The Balaban J connectivity index is 1.71. The highest BCUT2D eigenvalue weighted by Crippen LogP contribution is 2.29. The predicted molar refractivity (Wildman–Crippen MR) is 103 cm³/mol. The van der Waals surface area contributed by atoms with Crippen LogP contribution in [0.25, 0.3) is 0 Å². The smallest absolute Gasteiger partial charge is 0.369 e. The van der Waals surface area contributed by atoms with E-state index in [1.54, 1.807) is 13.1 Å². The molecule has 1 aliphatic rings. The van der Waals surface area contributed by atoms with E-state index in [0.717, 1.165) is 44.5 Å². The van der Waals surface area contributed by atoms with E-state index >= 15 is 0 Å². The van der Waals surface area contributed by atoms with E-state index in [1.165, 1.54) is 6.07 Å².